The van der Waals surface area contributed by atoms with E-state index in [-0.39, 0.29) is 9.92 Å². The van der Waals surface area contributed by atoms with Gasteiger partial charge in [-0.3, -0.25) is 14.7 Å². The van der Waals surface area contributed by atoms with Gasteiger partial charge in [0.25, 0.3) is 0 Å². The van der Waals surface area contributed by atoms with Gasteiger partial charge in [-0.15, -0.1) is 0 Å². The Morgan fingerprint density at radius 3 is 2.15 bits per heavy atom. The van der Waals surface area contributed by atoms with E-state index in [0.717, 1.165) is 59.6 Å². The minimum absolute atomic E-state index is 0.152. The first kappa shape index (κ1) is 23.5. The number of fused-ring (bicyclic) bond motifs is 5. The van der Waals surface area contributed by atoms with Crippen molar-refractivity contribution in [2.45, 2.75) is 0 Å². The molecule has 6 nitrogen and oxygen atoms in total. The summed E-state index contributed by atoms with van der Waals surface area (Å²) in [6, 6.07) is 40.2. The summed E-state index contributed by atoms with van der Waals surface area (Å²) in [6.07, 6.45) is 0. The highest BCUT2D eigenvalue weighted by molar-refractivity contribution is 7.22. The molecule has 8 aromatic rings. The third-order valence-corrected chi connectivity index (χ3v) is 8.67. The molecule has 0 radical (unpaired) electrons. The van der Waals surface area contributed by atoms with Crippen LogP contribution < -0.4 is 0 Å². The van der Waals surface area contributed by atoms with Crippen molar-refractivity contribution >= 4 is 59.1 Å². The van der Waals surface area contributed by atoms with E-state index in [1.165, 1.54) is 11.3 Å². The molecular weight excluding hydrogens is 528 g/mol. The predicted octanol–water partition coefficient (Wildman–Crippen LogP) is 9.18. The van der Waals surface area contributed by atoms with Crippen LogP contribution in [0, 0.1) is 10.1 Å². The van der Waals surface area contributed by atoms with E-state index in [1.807, 2.05) is 84.9 Å². The number of thiophene rings is 1. The zero-order valence-corrected chi connectivity index (χ0v) is 22.4. The normalized spacial score (nSPS) is 11.6. The van der Waals surface area contributed by atoms with Gasteiger partial charge in [-0.1, -0.05) is 102 Å². The Bertz CT molecular complexity index is 2300. The van der Waals surface area contributed by atoms with Gasteiger partial charge in [0, 0.05) is 31.8 Å². The van der Waals surface area contributed by atoms with Crippen molar-refractivity contribution in [3.8, 4) is 28.3 Å². The summed E-state index contributed by atoms with van der Waals surface area (Å²) in [7, 11) is 0. The molecule has 5 aromatic carbocycles. The fourth-order valence-electron chi connectivity index (χ4n) is 5.76. The van der Waals surface area contributed by atoms with Gasteiger partial charge >= 0.3 is 5.00 Å². The monoisotopic (exact) mass is 548 g/mol. The summed E-state index contributed by atoms with van der Waals surface area (Å²) in [5, 5.41) is 16.1. The Morgan fingerprint density at radius 2 is 1.32 bits per heavy atom. The number of rotatable bonds is 4. The number of hydrogen-bond donors (Lipinski definition) is 0. The van der Waals surface area contributed by atoms with Gasteiger partial charge < -0.3 is 0 Å². The van der Waals surface area contributed by atoms with Crippen molar-refractivity contribution in [3.05, 3.63) is 131 Å². The molecule has 0 N–H and O–H groups in total. The highest BCUT2D eigenvalue weighted by Gasteiger charge is 2.24. The Kier molecular flexibility index (Phi) is 5.20. The zero-order valence-electron chi connectivity index (χ0n) is 21.6. The molecule has 41 heavy (non-hydrogen) atoms. The lowest BCUT2D eigenvalue weighted by molar-refractivity contribution is -0.379. The quantitative estimate of drug-likeness (QED) is 0.162. The van der Waals surface area contributed by atoms with Gasteiger partial charge in [0.05, 0.1) is 32.7 Å². The second kappa shape index (κ2) is 9.08. The van der Waals surface area contributed by atoms with Crippen LogP contribution in [-0.4, -0.2) is 19.5 Å². The Labute approximate surface area is 237 Å². The molecule has 3 heterocycles. The maximum atomic E-state index is 12.1. The molecular formula is C34H20N4O2S. The fourth-order valence-corrected chi connectivity index (χ4v) is 6.80. The van der Waals surface area contributed by atoms with Crippen molar-refractivity contribution in [2.24, 2.45) is 0 Å². The molecule has 0 unspecified atom stereocenters. The number of nitrogens with zero attached hydrogens (tertiary/aromatic N) is 4. The van der Waals surface area contributed by atoms with E-state index in [4.69, 9.17) is 9.97 Å². The summed E-state index contributed by atoms with van der Waals surface area (Å²) >= 11 is 1.21. The van der Waals surface area contributed by atoms with E-state index >= 15 is 0 Å². The van der Waals surface area contributed by atoms with Crippen LogP contribution in [0.25, 0.3) is 71.1 Å². The van der Waals surface area contributed by atoms with E-state index in [0.29, 0.717) is 11.5 Å². The molecule has 0 atom stereocenters. The standard InChI is InChI=1S/C34H20N4O2S/c39-38(40)33-31(25-14-6-9-17-30(25)41-33)22-18-19-29-26(20-22)23-12-5-8-16-28(23)37(29)34-35-27-15-7-4-13-24(27)32(36-34)21-10-2-1-3-11-21/h1-20H. The van der Waals surface area contributed by atoms with Crippen molar-refractivity contribution in [2.75, 3.05) is 0 Å². The third kappa shape index (κ3) is 3.63. The first-order valence-electron chi connectivity index (χ1n) is 13.2. The summed E-state index contributed by atoms with van der Waals surface area (Å²) in [4.78, 5) is 22.0. The topological polar surface area (TPSA) is 73.8 Å². The molecule has 0 bridgehead atoms. The largest absolute Gasteiger partial charge is 0.333 e. The average molecular weight is 549 g/mol. The molecule has 194 valence electrons. The highest BCUT2D eigenvalue weighted by atomic mass is 32.1. The van der Waals surface area contributed by atoms with Crippen LogP contribution in [0.2, 0.25) is 0 Å². The first-order valence-corrected chi connectivity index (χ1v) is 14.0. The lowest BCUT2D eigenvalue weighted by Gasteiger charge is -2.11. The Hall–Kier alpha value is -5.40. The van der Waals surface area contributed by atoms with E-state index in [1.54, 1.807) is 0 Å². The maximum Gasteiger partial charge on any atom is 0.333 e. The predicted molar refractivity (Wildman–Crippen MR) is 167 cm³/mol. The lowest BCUT2D eigenvalue weighted by atomic mass is 10.0. The number of aromatic nitrogens is 3. The molecule has 7 heteroatoms. The summed E-state index contributed by atoms with van der Waals surface area (Å²) in [6.45, 7) is 0. The van der Waals surface area contributed by atoms with Gasteiger partial charge in [-0.2, -0.15) is 0 Å². The summed E-state index contributed by atoms with van der Waals surface area (Å²) in [5.41, 5.74) is 6.13. The van der Waals surface area contributed by atoms with Crippen LogP contribution in [-0.2, 0) is 0 Å². The summed E-state index contributed by atoms with van der Waals surface area (Å²) < 4.78 is 2.99. The lowest BCUT2D eigenvalue weighted by Crippen LogP contribution is -2.03. The molecule has 0 aliphatic rings. The Balaban J connectivity index is 1.42. The fraction of sp³-hybridized carbons (Fsp3) is 0. The summed E-state index contributed by atoms with van der Waals surface area (Å²) in [5.74, 6) is 0.577. The average Bonchev–Trinajstić information content (AvgIpc) is 3.57. The molecule has 3 aromatic heterocycles. The van der Waals surface area contributed by atoms with E-state index in [2.05, 4.69) is 41.0 Å². The van der Waals surface area contributed by atoms with Crippen LogP contribution in [0.15, 0.2) is 121 Å². The molecule has 0 fully saturated rings. The smallest absolute Gasteiger partial charge is 0.278 e. The minimum Gasteiger partial charge on any atom is -0.278 e. The van der Waals surface area contributed by atoms with Gasteiger partial charge in [-0.25, -0.2) is 9.97 Å². The zero-order chi connectivity index (χ0) is 27.5. The minimum atomic E-state index is -0.276. The van der Waals surface area contributed by atoms with Crippen molar-refractivity contribution in [3.63, 3.8) is 0 Å². The highest BCUT2D eigenvalue weighted by Crippen LogP contribution is 2.45. The molecule has 0 aliphatic heterocycles. The molecule has 0 amide bonds. The van der Waals surface area contributed by atoms with E-state index in [9.17, 15) is 10.1 Å². The van der Waals surface area contributed by atoms with Gasteiger partial charge in [-0.05, 0) is 35.9 Å². The third-order valence-electron chi connectivity index (χ3n) is 7.54. The number of nitro groups is 1. The number of para-hydroxylation sites is 2. The van der Waals surface area contributed by atoms with Gasteiger partial charge in [0.15, 0.2) is 0 Å². The molecule has 0 saturated carbocycles. The van der Waals surface area contributed by atoms with Crippen molar-refractivity contribution < 1.29 is 4.92 Å². The molecule has 0 saturated heterocycles. The van der Waals surface area contributed by atoms with E-state index < -0.39 is 0 Å². The second-order valence-corrected chi connectivity index (χ2v) is 10.9. The maximum absolute atomic E-state index is 12.1. The van der Waals surface area contributed by atoms with Crippen LogP contribution >= 0.6 is 11.3 Å². The van der Waals surface area contributed by atoms with Gasteiger partial charge in [0.1, 0.15) is 0 Å². The van der Waals surface area contributed by atoms with Crippen LogP contribution in [0.3, 0.4) is 0 Å². The number of benzene rings is 5. The Morgan fingerprint density at radius 1 is 0.634 bits per heavy atom. The van der Waals surface area contributed by atoms with Crippen LogP contribution in [0.5, 0.6) is 0 Å². The number of hydrogen-bond acceptors (Lipinski definition) is 5. The van der Waals surface area contributed by atoms with Crippen LogP contribution in [0.1, 0.15) is 0 Å². The molecule has 0 aliphatic carbocycles. The van der Waals surface area contributed by atoms with Crippen molar-refractivity contribution in [1.82, 2.24) is 14.5 Å². The van der Waals surface area contributed by atoms with Gasteiger partial charge in [0.2, 0.25) is 5.95 Å². The first-order chi connectivity index (χ1) is 20.2. The molecule has 8 rings (SSSR count). The second-order valence-electron chi connectivity index (χ2n) is 9.88. The SMILES string of the molecule is O=[N+]([O-])c1sc2ccccc2c1-c1ccc2c(c1)c1ccccc1n2-c1nc(-c2ccccc2)c2ccccc2n1. The molecule has 0 spiro atoms. The van der Waals surface area contributed by atoms with Crippen LogP contribution in [0.4, 0.5) is 5.00 Å². The van der Waals surface area contributed by atoms with Crippen molar-refractivity contribution in [1.29, 1.82) is 0 Å².